The van der Waals surface area contributed by atoms with Crippen LogP contribution < -0.4 is 11.1 Å². The van der Waals surface area contributed by atoms with Gasteiger partial charge in [-0.3, -0.25) is 5.32 Å². The maximum Gasteiger partial charge on any atom is 0.411 e. The molecule has 5 nitrogen and oxygen atoms in total. The minimum atomic E-state index is -0.538. The summed E-state index contributed by atoms with van der Waals surface area (Å²) < 4.78 is 4.79. The molecule has 0 saturated heterocycles. The van der Waals surface area contributed by atoms with E-state index in [1.807, 2.05) is 30.3 Å². The molecule has 0 saturated carbocycles. The second kappa shape index (κ2) is 6.81. The summed E-state index contributed by atoms with van der Waals surface area (Å²) in [6, 6.07) is 13.4. The van der Waals surface area contributed by atoms with Crippen molar-refractivity contribution in [3.8, 4) is 0 Å². The highest BCUT2D eigenvalue weighted by Crippen LogP contribution is 2.28. The van der Waals surface area contributed by atoms with Crippen LogP contribution >= 0.6 is 11.8 Å². The summed E-state index contributed by atoms with van der Waals surface area (Å²) in [6.45, 7) is 2.04. The molecule has 104 valence electrons. The second-order valence-corrected chi connectivity index (χ2v) is 4.94. The molecule has 1 heterocycles. The van der Waals surface area contributed by atoms with Crippen molar-refractivity contribution in [2.45, 2.75) is 16.8 Å². The Balaban J connectivity index is 2.08. The van der Waals surface area contributed by atoms with E-state index in [1.165, 1.54) is 11.8 Å². The number of nitrogen functional groups attached to an aromatic ring is 1. The van der Waals surface area contributed by atoms with Crippen LogP contribution in [0.1, 0.15) is 6.92 Å². The SMILES string of the molecule is CCOC(=O)Nc1ccc(Sc2ccccc2)nc1N. The van der Waals surface area contributed by atoms with E-state index in [1.54, 1.807) is 19.1 Å². The summed E-state index contributed by atoms with van der Waals surface area (Å²) in [4.78, 5) is 16.6. The quantitative estimate of drug-likeness (QED) is 0.902. The van der Waals surface area contributed by atoms with Crippen molar-refractivity contribution in [1.29, 1.82) is 0 Å². The van der Waals surface area contributed by atoms with E-state index < -0.39 is 6.09 Å². The van der Waals surface area contributed by atoms with E-state index in [-0.39, 0.29) is 5.82 Å². The van der Waals surface area contributed by atoms with Gasteiger partial charge in [0.25, 0.3) is 0 Å². The van der Waals surface area contributed by atoms with Gasteiger partial charge < -0.3 is 10.5 Å². The normalized spacial score (nSPS) is 10.1. The number of hydrogen-bond acceptors (Lipinski definition) is 5. The highest BCUT2D eigenvalue weighted by molar-refractivity contribution is 7.99. The van der Waals surface area contributed by atoms with Crippen LogP contribution in [0.25, 0.3) is 0 Å². The van der Waals surface area contributed by atoms with Gasteiger partial charge in [0.2, 0.25) is 0 Å². The lowest BCUT2D eigenvalue weighted by molar-refractivity contribution is 0.168. The van der Waals surface area contributed by atoms with Crippen molar-refractivity contribution in [2.75, 3.05) is 17.7 Å². The first-order chi connectivity index (χ1) is 9.69. The molecule has 0 aliphatic carbocycles. The molecule has 3 N–H and O–H groups in total. The maximum atomic E-state index is 11.3. The van der Waals surface area contributed by atoms with Crippen molar-refractivity contribution in [3.63, 3.8) is 0 Å². The highest BCUT2D eigenvalue weighted by Gasteiger charge is 2.08. The van der Waals surface area contributed by atoms with E-state index in [0.717, 1.165) is 9.92 Å². The van der Waals surface area contributed by atoms with Gasteiger partial charge in [0.05, 0.1) is 12.3 Å². The van der Waals surface area contributed by atoms with E-state index in [9.17, 15) is 4.79 Å². The number of aromatic nitrogens is 1. The zero-order chi connectivity index (χ0) is 14.4. The number of nitrogens with zero attached hydrogens (tertiary/aromatic N) is 1. The molecule has 1 aromatic heterocycles. The number of nitrogens with two attached hydrogens (primary N) is 1. The van der Waals surface area contributed by atoms with Crippen LogP contribution in [0.3, 0.4) is 0 Å². The summed E-state index contributed by atoms with van der Waals surface area (Å²) in [7, 11) is 0. The Labute approximate surface area is 121 Å². The number of anilines is 2. The number of pyridine rings is 1. The Morgan fingerprint density at radius 2 is 2.05 bits per heavy atom. The van der Waals surface area contributed by atoms with Crippen molar-refractivity contribution >= 4 is 29.4 Å². The van der Waals surface area contributed by atoms with Gasteiger partial charge in [-0.25, -0.2) is 9.78 Å². The van der Waals surface area contributed by atoms with Crippen LogP contribution in [0.5, 0.6) is 0 Å². The lowest BCUT2D eigenvalue weighted by atomic mass is 10.4. The lowest BCUT2D eigenvalue weighted by Gasteiger charge is -2.08. The Morgan fingerprint density at radius 3 is 2.70 bits per heavy atom. The summed E-state index contributed by atoms with van der Waals surface area (Å²) in [5.41, 5.74) is 6.27. The average molecular weight is 289 g/mol. The Bertz CT molecular complexity index is 590. The maximum absolute atomic E-state index is 11.3. The Morgan fingerprint density at radius 1 is 1.30 bits per heavy atom. The predicted molar refractivity (Wildman–Crippen MR) is 79.9 cm³/mol. The minimum absolute atomic E-state index is 0.263. The standard InChI is InChI=1S/C14H15N3O2S/c1-2-19-14(18)16-11-8-9-12(17-13(11)15)20-10-6-4-3-5-7-10/h3-9H,2H2,1H3,(H2,15,17)(H,16,18). The molecule has 6 heteroatoms. The van der Waals surface area contributed by atoms with Gasteiger partial charge in [0.15, 0.2) is 0 Å². The smallest absolute Gasteiger partial charge is 0.411 e. The molecule has 0 bridgehead atoms. The first-order valence-electron chi connectivity index (χ1n) is 6.12. The fourth-order valence-corrected chi connectivity index (χ4v) is 2.32. The van der Waals surface area contributed by atoms with Gasteiger partial charge in [0.1, 0.15) is 10.8 Å². The molecule has 0 radical (unpaired) electrons. The van der Waals surface area contributed by atoms with Crippen molar-refractivity contribution < 1.29 is 9.53 Å². The first kappa shape index (κ1) is 14.2. The third kappa shape index (κ3) is 3.89. The van der Waals surface area contributed by atoms with Crippen LogP contribution in [0.2, 0.25) is 0 Å². The number of rotatable bonds is 4. The molecule has 2 aromatic rings. The van der Waals surface area contributed by atoms with Crippen LogP contribution in [0.4, 0.5) is 16.3 Å². The molecule has 1 aromatic carbocycles. The molecule has 0 fully saturated rings. The van der Waals surface area contributed by atoms with E-state index in [0.29, 0.717) is 12.3 Å². The number of ether oxygens (including phenoxy) is 1. The van der Waals surface area contributed by atoms with Gasteiger partial charge in [-0.1, -0.05) is 30.0 Å². The summed E-state index contributed by atoms with van der Waals surface area (Å²) in [5, 5.41) is 3.31. The van der Waals surface area contributed by atoms with Crippen molar-refractivity contribution in [2.24, 2.45) is 0 Å². The average Bonchev–Trinajstić information content (AvgIpc) is 2.43. The van der Waals surface area contributed by atoms with E-state index >= 15 is 0 Å². The summed E-state index contributed by atoms with van der Waals surface area (Å²) >= 11 is 1.50. The van der Waals surface area contributed by atoms with Crippen LogP contribution in [-0.2, 0) is 4.74 Å². The van der Waals surface area contributed by atoms with Crippen molar-refractivity contribution in [1.82, 2.24) is 4.98 Å². The number of benzene rings is 1. The molecule has 20 heavy (non-hydrogen) atoms. The number of amides is 1. The largest absolute Gasteiger partial charge is 0.450 e. The monoisotopic (exact) mass is 289 g/mol. The molecule has 2 rings (SSSR count). The molecule has 0 aliphatic rings. The third-order valence-corrected chi connectivity index (χ3v) is 3.32. The molecule has 0 spiro atoms. The second-order valence-electron chi connectivity index (χ2n) is 3.84. The third-order valence-electron chi connectivity index (χ3n) is 2.38. The topological polar surface area (TPSA) is 77.2 Å². The van der Waals surface area contributed by atoms with Gasteiger partial charge in [-0.2, -0.15) is 0 Å². The zero-order valence-electron chi connectivity index (χ0n) is 11.0. The van der Waals surface area contributed by atoms with Crippen LogP contribution in [0.15, 0.2) is 52.4 Å². The van der Waals surface area contributed by atoms with E-state index in [2.05, 4.69) is 10.3 Å². The first-order valence-corrected chi connectivity index (χ1v) is 6.94. The molecule has 1 amide bonds. The van der Waals surface area contributed by atoms with Gasteiger partial charge in [-0.15, -0.1) is 0 Å². The Hall–Kier alpha value is -2.21. The summed E-state index contributed by atoms with van der Waals surface area (Å²) in [5.74, 6) is 0.263. The molecule has 0 atom stereocenters. The number of carbonyl (C=O) groups is 1. The molecular formula is C14H15N3O2S. The Kier molecular flexibility index (Phi) is 4.84. The van der Waals surface area contributed by atoms with Gasteiger partial charge >= 0.3 is 6.09 Å². The lowest BCUT2D eigenvalue weighted by Crippen LogP contribution is -2.14. The molecule has 0 aliphatic heterocycles. The van der Waals surface area contributed by atoms with Crippen LogP contribution in [-0.4, -0.2) is 17.7 Å². The van der Waals surface area contributed by atoms with Gasteiger partial charge in [-0.05, 0) is 31.2 Å². The van der Waals surface area contributed by atoms with E-state index in [4.69, 9.17) is 10.5 Å². The fourth-order valence-electron chi connectivity index (χ4n) is 1.51. The number of hydrogen-bond donors (Lipinski definition) is 2. The zero-order valence-corrected chi connectivity index (χ0v) is 11.8. The highest BCUT2D eigenvalue weighted by atomic mass is 32.2. The summed E-state index contributed by atoms with van der Waals surface area (Å²) in [6.07, 6.45) is -0.538. The van der Waals surface area contributed by atoms with Crippen molar-refractivity contribution in [3.05, 3.63) is 42.5 Å². The van der Waals surface area contributed by atoms with Gasteiger partial charge in [0, 0.05) is 4.90 Å². The number of carbonyl (C=O) groups excluding carboxylic acids is 1. The van der Waals surface area contributed by atoms with Crippen LogP contribution in [0, 0.1) is 0 Å². The number of nitrogens with one attached hydrogen (secondary N) is 1. The predicted octanol–water partition coefficient (Wildman–Crippen LogP) is 3.38. The minimum Gasteiger partial charge on any atom is -0.450 e. The molecular weight excluding hydrogens is 274 g/mol. The molecule has 0 unspecified atom stereocenters. The fraction of sp³-hybridized carbons (Fsp3) is 0.143.